The minimum absolute atomic E-state index is 0.0626. The number of aromatic nitrogens is 1. The molecule has 2 spiro atoms. The van der Waals surface area contributed by atoms with E-state index in [1.807, 2.05) is 6.07 Å². The number of nitrogens with two attached hydrogens (primary N) is 1. The van der Waals surface area contributed by atoms with Gasteiger partial charge >= 0.3 is 6.18 Å². The zero-order valence-electron chi connectivity index (χ0n) is 21.3. The van der Waals surface area contributed by atoms with Gasteiger partial charge in [0, 0.05) is 30.5 Å². The molecule has 1 aromatic heterocycles. The zero-order valence-corrected chi connectivity index (χ0v) is 19.3. The molecular formula is C25H28F3N3O4. The third-order valence-corrected chi connectivity index (χ3v) is 7.33. The summed E-state index contributed by atoms with van der Waals surface area (Å²) in [6.45, 7) is -0.378. The van der Waals surface area contributed by atoms with Gasteiger partial charge in [0.25, 0.3) is 12.5 Å². The number of amidine groups is 1. The average molecular weight is 494 g/mol. The van der Waals surface area contributed by atoms with Crippen LogP contribution in [0.25, 0.3) is 11.1 Å². The van der Waals surface area contributed by atoms with Crippen molar-refractivity contribution in [1.82, 2.24) is 4.98 Å². The molecule has 0 amide bonds. The van der Waals surface area contributed by atoms with Crippen LogP contribution in [0.3, 0.4) is 0 Å². The predicted octanol–water partition coefficient (Wildman–Crippen LogP) is 4.39. The first-order chi connectivity index (χ1) is 17.3. The van der Waals surface area contributed by atoms with Crippen LogP contribution in [0, 0.1) is 11.3 Å². The van der Waals surface area contributed by atoms with Crippen LogP contribution < -0.4 is 5.73 Å². The summed E-state index contributed by atoms with van der Waals surface area (Å²) in [6, 6.07) is 6.18. The van der Waals surface area contributed by atoms with E-state index >= 15 is 0 Å². The van der Waals surface area contributed by atoms with Crippen LogP contribution in [0.2, 0.25) is 0 Å². The lowest BCUT2D eigenvalue weighted by Crippen LogP contribution is -2.48. The Balaban J connectivity index is 0.00000102. The molecule has 10 heteroatoms. The Morgan fingerprint density at radius 2 is 2.06 bits per heavy atom. The van der Waals surface area contributed by atoms with E-state index < -0.39 is 29.3 Å². The quantitative estimate of drug-likeness (QED) is 0.601. The lowest BCUT2D eigenvalue weighted by atomic mass is 9.59. The Morgan fingerprint density at radius 1 is 1.31 bits per heavy atom. The second-order valence-electron chi connectivity index (χ2n) is 9.25. The highest BCUT2D eigenvalue weighted by atomic mass is 19.4. The fraction of sp³-hybridized carbons (Fsp3) is 0.480. The summed E-state index contributed by atoms with van der Waals surface area (Å²) >= 11 is 0. The molecule has 0 radical (unpaired) electrons. The molecule has 0 saturated heterocycles. The Morgan fingerprint density at radius 3 is 2.66 bits per heavy atom. The lowest BCUT2D eigenvalue weighted by Gasteiger charge is -2.47. The normalized spacial score (nSPS) is 31.5. The molecule has 2 heterocycles. The fourth-order valence-corrected chi connectivity index (χ4v) is 5.85. The molecule has 2 aromatic rings. The molecule has 188 valence electrons. The number of carboxylic acid groups (broad SMARTS) is 1. The fourth-order valence-electron chi connectivity index (χ4n) is 5.85. The topological polar surface area (TPSA) is 107 Å². The van der Waals surface area contributed by atoms with Crippen molar-refractivity contribution in [3.05, 3.63) is 53.3 Å². The van der Waals surface area contributed by atoms with Crippen LogP contribution in [0.15, 0.2) is 41.7 Å². The highest BCUT2D eigenvalue weighted by Gasteiger charge is 2.62. The van der Waals surface area contributed by atoms with Crippen LogP contribution in [-0.2, 0) is 32.4 Å². The van der Waals surface area contributed by atoms with Crippen molar-refractivity contribution in [2.45, 2.75) is 50.4 Å². The Hall–Kier alpha value is -3.14. The number of carbonyl (C=O) groups is 1. The van der Waals surface area contributed by atoms with Crippen LogP contribution in [-0.4, -0.2) is 42.4 Å². The average Bonchev–Trinajstić information content (AvgIpc) is 3.23. The van der Waals surface area contributed by atoms with Crippen molar-refractivity contribution in [2.75, 3.05) is 13.7 Å². The molecule has 2 aliphatic carbocycles. The number of methoxy groups -OCH3 is 1. The third kappa shape index (κ3) is 4.24. The van der Waals surface area contributed by atoms with Crippen LogP contribution >= 0.6 is 0 Å². The van der Waals surface area contributed by atoms with E-state index in [-0.39, 0.29) is 24.5 Å². The maximum atomic E-state index is 13.3. The number of halogens is 3. The molecule has 7 nitrogen and oxygen atoms in total. The minimum atomic E-state index is -4.52. The van der Waals surface area contributed by atoms with Gasteiger partial charge in [-0.3, -0.25) is 9.78 Å². The number of aliphatic imine (C=N–C) groups is 1. The van der Waals surface area contributed by atoms with Crippen LogP contribution in [0.4, 0.5) is 13.2 Å². The molecule has 3 N–H and O–H groups in total. The van der Waals surface area contributed by atoms with Gasteiger partial charge in [-0.05, 0) is 60.4 Å². The second kappa shape index (κ2) is 9.14. The number of rotatable bonds is 2. The van der Waals surface area contributed by atoms with Crippen molar-refractivity contribution in [1.29, 1.82) is 0 Å². The third-order valence-electron chi connectivity index (χ3n) is 7.33. The first-order valence-electron chi connectivity index (χ1n) is 12.1. The van der Waals surface area contributed by atoms with Crippen molar-refractivity contribution in [3.63, 3.8) is 0 Å². The van der Waals surface area contributed by atoms with Gasteiger partial charge in [0.05, 0.1) is 14.4 Å². The highest BCUT2D eigenvalue weighted by molar-refractivity contribution is 5.76. The maximum Gasteiger partial charge on any atom is 0.417 e. The van der Waals surface area contributed by atoms with Gasteiger partial charge in [-0.25, -0.2) is 4.99 Å². The van der Waals surface area contributed by atoms with E-state index in [2.05, 4.69) is 16.9 Å². The van der Waals surface area contributed by atoms with Crippen molar-refractivity contribution in [3.8, 4) is 11.1 Å². The number of pyridine rings is 1. The van der Waals surface area contributed by atoms with E-state index in [4.69, 9.17) is 27.8 Å². The number of ether oxygens (including phenoxy) is 2. The van der Waals surface area contributed by atoms with Gasteiger partial charge in [0.2, 0.25) is 0 Å². The highest BCUT2D eigenvalue weighted by Crippen LogP contribution is 2.62. The number of alkyl halides is 3. The number of benzene rings is 1. The maximum absolute atomic E-state index is 13.3. The summed E-state index contributed by atoms with van der Waals surface area (Å²) in [5.41, 5.74) is 5.40. The number of fused-ring (bicyclic) bond motifs is 3. The number of hydrogen-bond acceptors (Lipinski definition) is 6. The van der Waals surface area contributed by atoms with Crippen molar-refractivity contribution >= 4 is 12.5 Å². The summed E-state index contributed by atoms with van der Waals surface area (Å²) in [7, 11) is 1.68. The lowest BCUT2D eigenvalue weighted by molar-refractivity contribution is -0.137. The Kier molecular flexibility index (Phi) is 5.83. The first kappa shape index (κ1) is 22.3. The molecule has 3 aliphatic rings. The second-order valence-corrected chi connectivity index (χ2v) is 9.25. The van der Waals surface area contributed by atoms with Crippen molar-refractivity contribution < 1.29 is 35.3 Å². The summed E-state index contributed by atoms with van der Waals surface area (Å²) in [4.78, 5) is 16.8. The van der Waals surface area contributed by atoms with Gasteiger partial charge in [0.15, 0.2) is 0 Å². The Labute approximate surface area is 204 Å². The molecule has 5 rings (SSSR count). The molecule has 1 fully saturated rings. The minimum Gasteiger partial charge on any atom is -0.483 e. The monoisotopic (exact) mass is 493 g/mol. The molecule has 4 atom stereocenters. The van der Waals surface area contributed by atoms with Crippen LogP contribution in [0.1, 0.15) is 45.6 Å². The predicted molar refractivity (Wildman–Crippen MR) is 123 cm³/mol. The zero-order chi connectivity index (χ0) is 27.2. The molecule has 1 aromatic carbocycles. The van der Waals surface area contributed by atoms with E-state index in [1.165, 1.54) is 6.20 Å². The van der Waals surface area contributed by atoms with Gasteiger partial charge in [0.1, 0.15) is 12.1 Å². The summed E-state index contributed by atoms with van der Waals surface area (Å²) < 4.78 is 68.6. The van der Waals surface area contributed by atoms with Crippen LogP contribution in [0.5, 0.6) is 0 Å². The van der Waals surface area contributed by atoms with E-state index in [9.17, 15) is 13.2 Å². The van der Waals surface area contributed by atoms with E-state index in [0.717, 1.165) is 24.2 Å². The van der Waals surface area contributed by atoms with Gasteiger partial charge in [-0.1, -0.05) is 19.1 Å². The Bertz CT molecular complexity index is 1230. The van der Waals surface area contributed by atoms with Gasteiger partial charge in [-0.2, -0.15) is 13.2 Å². The molecular weight excluding hydrogens is 463 g/mol. The molecule has 1 aliphatic heterocycles. The number of nitrogens with zero attached hydrogens (tertiary/aromatic N) is 2. The van der Waals surface area contributed by atoms with Crippen molar-refractivity contribution in [2.24, 2.45) is 22.1 Å². The summed E-state index contributed by atoms with van der Waals surface area (Å²) in [5, 5.41) is 6.89. The molecule has 35 heavy (non-hydrogen) atoms. The SMILES string of the molecule is O=CO.[2H]C1([2H])OC(N)=N[C@]12c1cc(-c3cncc(C(F)(F)F)c3)ccc1C[C@]21CC[C@@H](OC)[C@H](C)C1. The molecule has 1 saturated carbocycles. The summed E-state index contributed by atoms with van der Waals surface area (Å²) in [5.74, 6) is 0.157. The standard InChI is InChI=1S/C24H26F3N3O2.CH2O2/c1-14-9-22(6-5-20(14)31-2)10-16-4-3-15(8-19(16)23(22)13-32-21(28)30-23)17-7-18(12-29-11-17)24(25,26)27;2-1-3/h3-4,7-8,11-12,14,20H,5-6,9-10,13H2,1-2H3,(H2,28,30);1H,(H,2,3)/t14-,20-,22-,23+;/m1./s1/i13D2;. The largest absolute Gasteiger partial charge is 0.483 e. The molecule has 0 bridgehead atoms. The first-order valence-corrected chi connectivity index (χ1v) is 11.1. The summed E-state index contributed by atoms with van der Waals surface area (Å²) in [6.07, 6.45) is 0.330. The van der Waals surface area contributed by atoms with E-state index in [0.29, 0.717) is 36.0 Å². The van der Waals surface area contributed by atoms with Gasteiger partial charge in [-0.15, -0.1) is 0 Å². The van der Waals surface area contributed by atoms with E-state index in [1.54, 1.807) is 19.2 Å². The van der Waals surface area contributed by atoms with Gasteiger partial charge < -0.3 is 20.3 Å². The smallest absolute Gasteiger partial charge is 0.417 e. The molecule has 0 unspecified atom stereocenters. The number of hydrogen-bond donors (Lipinski definition) is 2.